The van der Waals surface area contributed by atoms with Crippen LogP contribution in [-0.4, -0.2) is 57.7 Å². The third kappa shape index (κ3) is 6.87. The molecule has 5 nitrogen and oxygen atoms in total. The lowest BCUT2D eigenvalue weighted by Crippen LogP contribution is -2.38. The molecule has 1 aromatic rings. The molecule has 0 amide bonds. The Bertz CT molecular complexity index is 565. The Kier molecular flexibility index (Phi) is 8.75. The summed E-state index contributed by atoms with van der Waals surface area (Å²) in [5.41, 5.74) is 2.50. The predicted molar refractivity (Wildman–Crippen MR) is 110 cm³/mol. The van der Waals surface area contributed by atoms with Crippen LogP contribution in [0, 0.1) is 12.8 Å². The molecule has 5 heteroatoms. The van der Waals surface area contributed by atoms with Crippen molar-refractivity contribution in [2.24, 2.45) is 10.9 Å². The van der Waals surface area contributed by atoms with E-state index < -0.39 is 0 Å². The molecular weight excluding hydrogens is 324 g/mol. The molecule has 1 aliphatic rings. The van der Waals surface area contributed by atoms with E-state index in [4.69, 9.17) is 9.73 Å². The van der Waals surface area contributed by atoms with Gasteiger partial charge < -0.3 is 20.3 Å². The van der Waals surface area contributed by atoms with E-state index in [1.807, 2.05) is 6.07 Å². The molecular formula is C21H36N4O. The molecule has 0 saturated carbocycles. The van der Waals surface area contributed by atoms with Crippen molar-refractivity contribution in [3.8, 4) is 5.75 Å². The number of benzene rings is 1. The second-order valence-electron chi connectivity index (χ2n) is 7.29. The lowest BCUT2D eigenvalue weighted by atomic mass is 9.94. The molecule has 0 aromatic heterocycles. The van der Waals surface area contributed by atoms with Gasteiger partial charge in [0.15, 0.2) is 5.96 Å². The van der Waals surface area contributed by atoms with E-state index in [-0.39, 0.29) is 0 Å². The van der Waals surface area contributed by atoms with E-state index in [0.717, 1.165) is 43.7 Å². The maximum Gasteiger partial charge on any atom is 0.191 e. The van der Waals surface area contributed by atoms with Crippen LogP contribution in [-0.2, 0) is 6.42 Å². The lowest BCUT2D eigenvalue weighted by molar-refractivity contribution is 0.214. The average Bonchev–Trinajstić information content (AvgIpc) is 2.63. The van der Waals surface area contributed by atoms with Crippen LogP contribution in [0.25, 0.3) is 0 Å². The zero-order valence-corrected chi connectivity index (χ0v) is 17.0. The standard InChI is InChI=1S/C21H36N4O/c1-5-22-21(23-12-8-18-10-14-25(3)15-11-18)24-13-9-19-16-17(2)6-7-20(19)26-4/h6-7,16,18H,5,8-15H2,1-4H3,(H2,22,23,24). The van der Waals surface area contributed by atoms with E-state index in [1.165, 1.54) is 43.5 Å². The fourth-order valence-electron chi connectivity index (χ4n) is 3.47. The molecule has 1 aliphatic heterocycles. The maximum absolute atomic E-state index is 5.47. The molecule has 26 heavy (non-hydrogen) atoms. The molecule has 2 rings (SSSR count). The van der Waals surface area contributed by atoms with E-state index in [1.54, 1.807) is 7.11 Å². The molecule has 0 unspecified atom stereocenters. The lowest BCUT2D eigenvalue weighted by Gasteiger charge is -2.28. The van der Waals surface area contributed by atoms with Crippen LogP contribution >= 0.6 is 0 Å². The minimum absolute atomic E-state index is 0.828. The van der Waals surface area contributed by atoms with E-state index in [0.29, 0.717) is 0 Å². The van der Waals surface area contributed by atoms with Gasteiger partial charge in [-0.15, -0.1) is 0 Å². The Morgan fingerprint density at radius 3 is 2.73 bits per heavy atom. The Morgan fingerprint density at radius 2 is 2.04 bits per heavy atom. The number of nitrogens with one attached hydrogen (secondary N) is 2. The van der Waals surface area contributed by atoms with Crippen LogP contribution < -0.4 is 15.4 Å². The van der Waals surface area contributed by atoms with Gasteiger partial charge in [-0.05, 0) is 77.2 Å². The van der Waals surface area contributed by atoms with Crippen LogP contribution in [0.4, 0.5) is 0 Å². The average molecular weight is 361 g/mol. The van der Waals surface area contributed by atoms with Gasteiger partial charge in [0.05, 0.1) is 7.11 Å². The van der Waals surface area contributed by atoms with Crippen molar-refractivity contribution in [3.63, 3.8) is 0 Å². The molecule has 0 aliphatic carbocycles. The largest absolute Gasteiger partial charge is 0.496 e. The van der Waals surface area contributed by atoms with Crippen LogP contribution in [0.15, 0.2) is 23.2 Å². The van der Waals surface area contributed by atoms with E-state index >= 15 is 0 Å². The monoisotopic (exact) mass is 360 g/mol. The van der Waals surface area contributed by atoms with Gasteiger partial charge in [0, 0.05) is 19.6 Å². The number of likely N-dealkylation sites (tertiary alicyclic amines) is 1. The highest BCUT2D eigenvalue weighted by molar-refractivity contribution is 5.79. The molecule has 0 spiro atoms. The van der Waals surface area contributed by atoms with Gasteiger partial charge in [0.2, 0.25) is 0 Å². The molecule has 0 radical (unpaired) electrons. The van der Waals surface area contributed by atoms with Crippen LogP contribution in [0.1, 0.15) is 37.3 Å². The number of methoxy groups -OCH3 is 1. The van der Waals surface area contributed by atoms with Gasteiger partial charge in [0.25, 0.3) is 0 Å². The highest BCUT2D eigenvalue weighted by atomic mass is 16.5. The first-order valence-electron chi connectivity index (χ1n) is 9.96. The number of aliphatic imine (C=N–C) groups is 1. The summed E-state index contributed by atoms with van der Waals surface area (Å²) < 4.78 is 5.47. The van der Waals surface area contributed by atoms with Gasteiger partial charge in [0.1, 0.15) is 5.75 Å². The minimum Gasteiger partial charge on any atom is -0.496 e. The van der Waals surface area contributed by atoms with Crippen molar-refractivity contribution in [1.82, 2.24) is 15.5 Å². The van der Waals surface area contributed by atoms with Crippen molar-refractivity contribution in [3.05, 3.63) is 29.3 Å². The third-order valence-corrected chi connectivity index (χ3v) is 5.11. The smallest absolute Gasteiger partial charge is 0.191 e. The number of aryl methyl sites for hydroxylation is 1. The van der Waals surface area contributed by atoms with Gasteiger partial charge >= 0.3 is 0 Å². The maximum atomic E-state index is 5.47. The van der Waals surface area contributed by atoms with Crippen molar-refractivity contribution >= 4 is 5.96 Å². The molecule has 1 heterocycles. The van der Waals surface area contributed by atoms with E-state index in [9.17, 15) is 0 Å². The molecule has 1 aromatic carbocycles. The summed E-state index contributed by atoms with van der Waals surface area (Å²) in [5, 5.41) is 6.81. The molecule has 0 atom stereocenters. The summed E-state index contributed by atoms with van der Waals surface area (Å²) in [6, 6.07) is 6.33. The Morgan fingerprint density at radius 1 is 1.27 bits per heavy atom. The highest BCUT2D eigenvalue weighted by Crippen LogP contribution is 2.20. The summed E-state index contributed by atoms with van der Waals surface area (Å²) in [4.78, 5) is 7.19. The first-order chi connectivity index (χ1) is 12.6. The Hall–Kier alpha value is -1.75. The summed E-state index contributed by atoms with van der Waals surface area (Å²) in [7, 11) is 3.95. The zero-order chi connectivity index (χ0) is 18.8. The van der Waals surface area contributed by atoms with Gasteiger partial charge in [-0.2, -0.15) is 0 Å². The Balaban J connectivity index is 1.79. The molecule has 1 saturated heterocycles. The fraction of sp³-hybridized carbons (Fsp3) is 0.667. The van der Waals surface area contributed by atoms with Crippen molar-refractivity contribution < 1.29 is 4.74 Å². The second kappa shape index (κ2) is 11.1. The summed E-state index contributed by atoms with van der Waals surface area (Å²) in [6.45, 7) is 9.31. The van der Waals surface area contributed by atoms with Crippen LogP contribution in [0.5, 0.6) is 5.75 Å². The SMILES string of the molecule is CCNC(=NCCC1CCN(C)CC1)NCCc1cc(C)ccc1OC. The van der Waals surface area contributed by atoms with Crippen molar-refractivity contribution in [2.45, 2.75) is 39.5 Å². The van der Waals surface area contributed by atoms with Crippen molar-refractivity contribution in [1.29, 1.82) is 0 Å². The number of hydrogen-bond acceptors (Lipinski definition) is 3. The molecule has 0 bridgehead atoms. The van der Waals surface area contributed by atoms with Crippen LogP contribution in [0.3, 0.4) is 0 Å². The first-order valence-corrected chi connectivity index (χ1v) is 9.96. The van der Waals surface area contributed by atoms with Gasteiger partial charge in [-0.1, -0.05) is 17.7 Å². The highest BCUT2D eigenvalue weighted by Gasteiger charge is 2.15. The zero-order valence-electron chi connectivity index (χ0n) is 17.0. The number of ether oxygens (including phenoxy) is 1. The summed E-state index contributed by atoms with van der Waals surface area (Å²) >= 11 is 0. The van der Waals surface area contributed by atoms with Crippen molar-refractivity contribution in [2.75, 3.05) is 46.9 Å². The van der Waals surface area contributed by atoms with Crippen LogP contribution in [0.2, 0.25) is 0 Å². The Labute approximate surface area is 159 Å². The number of nitrogens with zero attached hydrogens (tertiary/aromatic N) is 2. The molecule has 146 valence electrons. The number of guanidine groups is 1. The van der Waals surface area contributed by atoms with Gasteiger partial charge in [-0.25, -0.2) is 0 Å². The summed E-state index contributed by atoms with van der Waals surface area (Å²) in [5.74, 6) is 2.71. The second-order valence-corrected chi connectivity index (χ2v) is 7.29. The normalized spacial score (nSPS) is 16.5. The van der Waals surface area contributed by atoms with Gasteiger partial charge in [-0.3, -0.25) is 4.99 Å². The quantitative estimate of drug-likeness (QED) is 0.553. The third-order valence-electron chi connectivity index (χ3n) is 5.11. The molecule has 1 fully saturated rings. The predicted octanol–water partition coefficient (Wildman–Crippen LogP) is 2.83. The number of hydrogen-bond donors (Lipinski definition) is 2. The summed E-state index contributed by atoms with van der Waals surface area (Å²) in [6.07, 6.45) is 4.73. The first kappa shape index (κ1) is 20.6. The fourth-order valence-corrected chi connectivity index (χ4v) is 3.47. The molecule has 2 N–H and O–H groups in total. The minimum atomic E-state index is 0.828. The number of piperidine rings is 1. The number of rotatable bonds is 8. The van der Waals surface area contributed by atoms with E-state index in [2.05, 4.69) is 48.6 Å². The topological polar surface area (TPSA) is 48.9 Å².